The lowest BCUT2D eigenvalue weighted by Gasteiger charge is -2.35. The molecule has 0 saturated carbocycles. The van der Waals surface area contributed by atoms with E-state index in [0.717, 1.165) is 17.5 Å². The lowest BCUT2D eigenvalue weighted by molar-refractivity contribution is -0.129. The van der Waals surface area contributed by atoms with E-state index < -0.39 is 11.6 Å². The van der Waals surface area contributed by atoms with Crippen molar-refractivity contribution in [3.05, 3.63) is 53.5 Å². The molecule has 11 heteroatoms. The fourth-order valence-corrected chi connectivity index (χ4v) is 4.49. The van der Waals surface area contributed by atoms with Crippen LogP contribution in [-0.2, 0) is 17.8 Å². The number of aromatic nitrogens is 4. The highest BCUT2D eigenvalue weighted by Crippen LogP contribution is 2.32. The summed E-state index contributed by atoms with van der Waals surface area (Å²) in [6.07, 6.45) is 3.26. The van der Waals surface area contributed by atoms with Gasteiger partial charge >= 0.3 is 6.01 Å². The Bertz CT molecular complexity index is 1280. The molecule has 2 aliphatic rings. The van der Waals surface area contributed by atoms with Gasteiger partial charge in [-0.05, 0) is 18.2 Å². The van der Waals surface area contributed by atoms with Crippen LogP contribution in [0.4, 0.5) is 14.6 Å². The zero-order valence-corrected chi connectivity index (χ0v) is 20.1. The summed E-state index contributed by atoms with van der Waals surface area (Å²) >= 11 is 0. The normalized spacial score (nSPS) is 16.0. The Hall–Kier alpha value is -3.89. The highest BCUT2D eigenvalue weighted by molar-refractivity contribution is 5.74. The van der Waals surface area contributed by atoms with E-state index in [1.165, 1.54) is 19.2 Å². The van der Waals surface area contributed by atoms with Crippen LogP contribution < -0.4 is 14.4 Å². The molecule has 1 amide bonds. The van der Waals surface area contributed by atoms with Gasteiger partial charge in [-0.15, -0.1) is 0 Å². The first kappa shape index (κ1) is 23.8. The van der Waals surface area contributed by atoms with Crippen molar-refractivity contribution in [2.24, 2.45) is 0 Å². The van der Waals surface area contributed by atoms with Crippen molar-refractivity contribution in [3.63, 3.8) is 0 Å². The van der Waals surface area contributed by atoms with Crippen LogP contribution in [-0.4, -0.2) is 63.6 Å². The van der Waals surface area contributed by atoms with Crippen LogP contribution in [0.5, 0.6) is 11.8 Å². The molecule has 4 heterocycles. The van der Waals surface area contributed by atoms with Gasteiger partial charge in [0.2, 0.25) is 5.91 Å². The third-order valence-electron chi connectivity index (χ3n) is 6.42. The SMILES string of the molecule is COc1nccc(-c2nc3c(nc2N2CCC(Oc4ccc(F)cc4F)CC2)CCN(C(C)=O)C3)n1. The molecule has 0 aliphatic carbocycles. The van der Waals surface area contributed by atoms with Gasteiger partial charge in [-0.2, -0.15) is 4.98 Å². The maximum absolute atomic E-state index is 14.0. The van der Waals surface area contributed by atoms with E-state index in [0.29, 0.717) is 62.6 Å². The number of rotatable bonds is 5. The number of ether oxygens (including phenoxy) is 2. The molecule has 5 rings (SSSR count). The number of fused-ring (bicyclic) bond motifs is 1. The first-order valence-corrected chi connectivity index (χ1v) is 11.8. The predicted octanol–water partition coefficient (Wildman–Crippen LogP) is 3.17. The van der Waals surface area contributed by atoms with Gasteiger partial charge < -0.3 is 19.3 Å². The van der Waals surface area contributed by atoms with E-state index in [4.69, 9.17) is 19.4 Å². The van der Waals surface area contributed by atoms with Gasteiger partial charge in [-0.25, -0.2) is 23.7 Å². The van der Waals surface area contributed by atoms with E-state index in [1.807, 2.05) is 0 Å². The minimum absolute atomic E-state index is 0.00329. The van der Waals surface area contributed by atoms with Crippen LogP contribution in [0.25, 0.3) is 11.4 Å². The third-order valence-corrected chi connectivity index (χ3v) is 6.42. The average Bonchev–Trinajstić information content (AvgIpc) is 2.89. The van der Waals surface area contributed by atoms with Crippen molar-refractivity contribution in [1.82, 2.24) is 24.8 Å². The minimum atomic E-state index is -0.711. The summed E-state index contributed by atoms with van der Waals surface area (Å²) in [4.78, 5) is 34.3. The number of piperidine rings is 1. The van der Waals surface area contributed by atoms with Crippen molar-refractivity contribution in [1.29, 1.82) is 0 Å². The van der Waals surface area contributed by atoms with Gasteiger partial charge in [-0.1, -0.05) is 0 Å². The minimum Gasteiger partial charge on any atom is -0.487 e. The molecule has 0 bridgehead atoms. The summed E-state index contributed by atoms with van der Waals surface area (Å²) in [5.41, 5.74) is 2.76. The molecule has 0 atom stereocenters. The molecule has 1 fully saturated rings. The van der Waals surface area contributed by atoms with Crippen LogP contribution in [0, 0.1) is 11.6 Å². The van der Waals surface area contributed by atoms with E-state index in [1.54, 1.807) is 24.1 Å². The molecule has 3 aromatic rings. The van der Waals surface area contributed by atoms with Gasteiger partial charge in [0.1, 0.15) is 17.6 Å². The van der Waals surface area contributed by atoms with Crippen molar-refractivity contribution < 1.29 is 23.0 Å². The molecule has 0 N–H and O–H groups in total. The maximum atomic E-state index is 14.0. The first-order valence-electron chi connectivity index (χ1n) is 11.8. The van der Waals surface area contributed by atoms with E-state index in [9.17, 15) is 13.6 Å². The Balaban J connectivity index is 1.41. The molecule has 1 aromatic carbocycles. The Morgan fingerprint density at radius 3 is 2.58 bits per heavy atom. The summed E-state index contributed by atoms with van der Waals surface area (Å²) < 4.78 is 38.3. The van der Waals surface area contributed by atoms with Crippen molar-refractivity contribution in [2.45, 2.75) is 38.8 Å². The number of anilines is 1. The summed E-state index contributed by atoms with van der Waals surface area (Å²) in [6.45, 7) is 3.75. The summed E-state index contributed by atoms with van der Waals surface area (Å²) in [6, 6.07) is 5.30. The van der Waals surface area contributed by atoms with Gasteiger partial charge in [0.15, 0.2) is 17.4 Å². The van der Waals surface area contributed by atoms with Gasteiger partial charge in [0.05, 0.1) is 30.7 Å². The van der Waals surface area contributed by atoms with E-state index in [-0.39, 0.29) is 23.8 Å². The van der Waals surface area contributed by atoms with Crippen LogP contribution in [0.1, 0.15) is 31.2 Å². The molecule has 9 nitrogen and oxygen atoms in total. The fourth-order valence-electron chi connectivity index (χ4n) is 4.49. The number of benzene rings is 1. The standard InChI is InChI=1S/C25H26F2N6O3/c1-15(34)33-12-8-19-21(14-33)29-23(20-5-9-28-25(31-20)35-2)24(30-19)32-10-6-17(7-11-32)36-22-4-3-16(26)13-18(22)27/h3-5,9,13,17H,6-8,10-12,14H2,1-2H3. The van der Waals surface area contributed by atoms with E-state index in [2.05, 4.69) is 14.9 Å². The highest BCUT2D eigenvalue weighted by Gasteiger charge is 2.29. The predicted molar refractivity (Wildman–Crippen MR) is 127 cm³/mol. The lowest BCUT2D eigenvalue weighted by Crippen LogP contribution is -2.40. The Morgan fingerprint density at radius 1 is 1.06 bits per heavy atom. The summed E-state index contributed by atoms with van der Waals surface area (Å²) in [5.74, 6) is -0.612. The zero-order chi connectivity index (χ0) is 25.2. The lowest BCUT2D eigenvalue weighted by atomic mass is 10.1. The molecule has 2 aromatic heterocycles. The molecule has 1 saturated heterocycles. The molecule has 0 unspecified atom stereocenters. The fraction of sp³-hybridized carbons (Fsp3) is 0.400. The number of halogens is 2. The Labute approximate surface area is 207 Å². The molecule has 0 radical (unpaired) electrons. The molecule has 36 heavy (non-hydrogen) atoms. The topological polar surface area (TPSA) is 93.6 Å². The number of amides is 1. The van der Waals surface area contributed by atoms with Crippen LogP contribution in [0.2, 0.25) is 0 Å². The van der Waals surface area contributed by atoms with Crippen LogP contribution in [0.3, 0.4) is 0 Å². The smallest absolute Gasteiger partial charge is 0.316 e. The second kappa shape index (κ2) is 10.00. The summed E-state index contributed by atoms with van der Waals surface area (Å²) in [5, 5.41) is 0. The van der Waals surface area contributed by atoms with Crippen LogP contribution >= 0.6 is 0 Å². The van der Waals surface area contributed by atoms with E-state index >= 15 is 0 Å². The van der Waals surface area contributed by atoms with Gasteiger partial charge in [0, 0.05) is 58.1 Å². The summed E-state index contributed by atoms with van der Waals surface area (Å²) in [7, 11) is 1.50. The second-order valence-corrected chi connectivity index (χ2v) is 8.79. The third kappa shape index (κ3) is 4.91. The largest absolute Gasteiger partial charge is 0.487 e. The number of carbonyl (C=O) groups excluding carboxylic acids is 1. The van der Waals surface area contributed by atoms with Crippen molar-refractivity contribution in [2.75, 3.05) is 31.6 Å². The molecule has 2 aliphatic heterocycles. The molecule has 0 spiro atoms. The quantitative estimate of drug-likeness (QED) is 0.532. The van der Waals surface area contributed by atoms with Crippen LogP contribution in [0.15, 0.2) is 30.5 Å². The Morgan fingerprint density at radius 2 is 1.86 bits per heavy atom. The highest BCUT2D eigenvalue weighted by atomic mass is 19.1. The van der Waals surface area contributed by atoms with Gasteiger partial charge in [-0.3, -0.25) is 4.79 Å². The monoisotopic (exact) mass is 496 g/mol. The first-order chi connectivity index (χ1) is 17.4. The number of carbonyl (C=O) groups is 1. The maximum Gasteiger partial charge on any atom is 0.316 e. The number of hydrogen-bond acceptors (Lipinski definition) is 8. The number of nitrogens with zero attached hydrogens (tertiary/aromatic N) is 6. The molecule has 188 valence electrons. The Kier molecular flexibility index (Phi) is 6.62. The van der Waals surface area contributed by atoms with Crippen molar-refractivity contribution >= 4 is 11.7 Å². The number of hydrogen-bond donors (Lipinski definition) is 0. The van der Waals surface area contributed by atoms with Crippen molar-refractivity contribution in [3.8, 4) is 23.1 Å². The average molecular weight is 497 g/mol. The number of methoxy groups -OCH3 is 1. The molecular weight excluding hydrogens is 470 g/mol. The second-order valence-electron chi connectivity index (χ2n) is 8.79. The zero-order valence-electron chi connectivity index (χ0n) is 20.1. The molecular formula is C25H26F2N6O3. The van der Waals surface area contributed by atoms with Gasteiger partial charge in [0.25, 0.3) is 0 Å².